The normalized spacial score (nSPS) is 11.1. The van der Waals surface area contributed by atoms with Crippen molar-refractivity contribution >= 4 is 38.9 Å². The largest absolute Gasteiger partial charge is 0.506 e. The fourth-order valence-electron chi connectivity index (χ4n) is 1.29. The molecule has 0 aliphatic rings. The molecule has 2 aromatic rings. The molecule has 3 nitrogen and oxygen atoms in total. The first-order valence-electron chi connectivity index (χ1n) is 4.68. The van der Waals surface area contributed by atoms with Crippen LogP contribution in [0.3, 0.4) is 0 Å². The number of alkyl halides is 2. The van der Waals surface area contributed by atoms with Crippen LogP contribution in [0.5, 0.6) is 10.9 Å². The van der Waals surface area contributed by atoms with Crippen molar-refractivity contribution in [3.63, 3.8) is 0 Å². The van der Waals surface area contributed by atoms with E-state index >= 15 is 0 Å². The first kappa shape index (κ1) is 14.4. The summed E-state index contributed by atoms with van der Waals surface area (Å²) in [4.78, 5) is 3.73. The van der Waals surface area contributed by atoms with E-state index in [1.54, 1.807) is 0 Å². The van der Waals surface area contributed by atoms with E-state index in [0.717, 1.165) is 23.5 Å². The molecule has 0 atom stereocenters. The summed E-state index contributed by atoms with van der Waals surface area (Å²) < 4.78 is 42.3. The first-order chi connectivity index (χ1) is 8.88. The van der Waals surface area contributed by atoms with Crippen LogP contribution in [0.15, 0.2) is 15.9 Å². The molecule has 0 aliphatic heterocycles. The van der Waals surface area contributed by atoms with Gasteiger partial charge >= 0.3 is 6.61 Å². The highest BCUT2D eigenvalue weighted by Gasteiger charge is 2.19. The number of phenolic OH excluding ortho intramolecular Hbond substituents is 1. The van der Waals surface area contributed by atoms with Crippen LogP contribution in [-0.4, -0.2) is 16.7 Å². The molecule has 1 N–H and O–H groups in total. The second-order valence-electron chi connectivity index (χ2n) is 3.26. The quantitative estimate of drug-likeness (QED) is 0.849. The fourth-order valence-corrected chi connectivity index (χ4v) is 2.83. The Bertz CT molecular complexity index is 623. The highest BCUT2D eigenvalue weighted by molar-refractivity contribution is 9.11. The Hall–Kier alpha value is -0.990. The monoisotopic (exact) mass is 373 g/mol. The molecule has 1 aromatic carbocycles. The zero-order chi connectivity index (χ0) is 14.2. The Morgan fingerprint density at radius 2 is 2.11 bits per heavy atom. The van der Waals surface area contributed by atoms with Crippen LogP contribution in [0.1, 0.15) is 0 Å². The van der Waals surface area contributed by atoms with Crippen LogP contribution in [0.25, 0.3) is 11.3 Å². The van der Waals surface area contributed by atoms with Crippen LogP contribution in [-0.2, 0) is 0 Å². The summed E-state index contributed by atoms with van der Waals surface area (Å²) in [7, 11) is 0. The summed E-state index contributed by atoms with van der Waals surface area (Å²) in [5.74, 6) is -1.08. The van der Waals surface area contributed by atoms with Crippen LogP contribution >= 0.6 is 38.9 Å². The summed E-state index contributed by atoms with van der Waals surface area (Å²) >= 11 is 9.39. The molecule has 0 saturated heterocycles. The van der Waals surface area contributed by atoms with Gasteiger partial charge < -0.3 is 9.84 Å². The Morgan fingerprint density at radius 3 is 2.74 bits per heavy atom. The highest BCUT2D eigenvalue weighted by atomic mass is 79.9. The smallest absolute Gasteiger partial charge is 0.389 e. The van der Waals surface area contributed by atoms with E-state index in [2.05, 4.69) is 25.7 Å². The van der Waals surface area contributed by atoms with Crippen molar-refractivity contribution in [2.75, 3.05) is 0 Å². The van der Waals surface area contributed by atoms with Crippen molar-refractivity contribution in [3.8, 4) is 22.2 Å². The standard InChI is InChI=1S/C10H4BrClF3NO2S/c11-8-7(16-10(19-8)18-9(14)15)3-1-6(17)4(12)2-5(3)13/h1-2,9,17H. The summed E-state index contributed by atoms with van der Waals surface area (Å²) in [5.41, 5.74) is -0.0285. The third kappa shape index (κ3) is 3.13. The lowest BCUT2D eigenvalue weighted by molar-refractivity contribution is -0.0498. The summed E-state index contributed by atoms with van der Waals surface area (Å²) in [6.45, 7) is -3.02. The van der Waals surface area contributed by atoms with E-state index in [-0.39, 0.29) is 27.2 Å². The molecule has 0 bridgehead atoms. The predicted octanol–water partition coefficient (Wildman–Crippen LogP) is 4.67. The third-order valence-electron chi connectivity index (χ3n) is 2.05. The molecule has 1 heterocycles. The first-order valence-corrected chi connectivity index (χ1v) is 6.66. The van der Waals surface area contributed by atoms with Gasteiger partial charge in [0.25, 0.3) is 5.19 Å². The Labute approximate surface area is 122 Å². The van der Waals surface area contributed by atoms with Gasteiger partial charge in [-0.15, -0.1) is 0 Å². The van der Waals surface area contributed by atoms with Crippen molar-refractivity contribution in [2.24, 2.45) is 0 Å². The van der Waals surface area contributed by atoms with Gasteiger partial charge in [-0.1, -0.05) is 22.9 Å². The van der Waals surface area contributed by atoms with Gasteiger partial charge in [0.2, 0.25) is 0 Å². The second kappa shape index (κ2) is 5.56. The zero-order valence-electron chi connectivity index (χ0n) is 8.83. The number of phenols is 1. The molecular formula is C10H4BrClF3NO2S. The maximum absolute atomic E-state index is 13.7. The molecule has 0 amide bonds. The molecule has 0 radical (unpaired) electrons. The van der Waals surface area contributed by atoms with Crippen molar-refractivity contribution in [1.82, 2.24) is 4.98 Å². The van der Waals surface area contributed by atoms with Gasteiger partial charge in [0.1, 0.15) is 21.0 Å². The lowest BCUT2D eigenvalue weighted by Crippen LogP contribution is -2.01. The van der Waals surface area contributed by atoms with Crippen molar-refractivity contribution in [2.45, 2.75) is 6.61 Å². The highest BCUT2D eigenvalue weighted by Crippen LogP contribution is 2.40. The molecule has 102 valence electrons. The SMILES string of the molecule is Oc1cc(-c2nc(OC(F)F)sc2Br)c(F)cc1Cl. The van der Waals surface area contributed by atoms with Gasteiger partial charge in [0, 0.05) is 5.56 Å². The Morgan fingerprint density at radius 1 is 1.42 bits per heavy atom. The Balaban J connectivity index is 2.47. The van der Waals surface area contributed by atoms with E-state index in [4.69, 9.17) is 11.6 Å². The van der Waals surface area contributed by atoms with Gasteiger partial charge in [-0.2, -0.15) is 8.78 Å². The molecule has 1 aromatic heterocycles. The average Bonchev–Trinajstić information content (AvgIpc) is 2.63. The molecule has 0 spiro atoms. The molecule has 9 heteroatoms. The van der Waals surface area contributed by atoms with E-state index < -0.39 is 12.4 Å². The number of hydrogen-bond donors (Lipinski definition) is 1. The molecule has 0 saturated carbocycles. The van der Waals surface area contributed by atoms with Crippen molar-refractivity contribution in [3.05, 3.63) is 26.8 Å². The van der Waals surface area contributed by atoms with Crippen molar-refractivity contribution in [1.29, 1.82) is 0 Å². The lowest BCUT2D eigenvalue weighted by atomic mass is 10.1. The van der Waals surface area contributed by atoms with Crippen LogP contribution in [0, 0.1) is 5.82 Å². The number of halogens is 5. The summed E-state index contributed by atoms with van der Waals surface area (Å²) in [5, 5.41) is 8.97. The van der Waals surface area contributed by atoms with E-state index in [1.807, 2.05) is 0 Å². The minimum absolute atomic E-state index is 0.0464. The maximum atomic E-state index is 13.7. The number of nitrogens with zero attached hydrogens (tertiary/aromatic N) is 1. The van der Waals surface area contributed by atoms with Crippen LogP contribution in [0.2, 0.25) is 5.02 Å². The van der Waals surface area contributed by atoms with Gasteiger partial charge in [0.05, 0.1) is 5.02 Å². The average molecular weight is 375 g/mol. The topological polar surface area (TPSA) is 42.4 Å². The minimum Gasteiger partial charge on any atom is -0.506 e. The zero-order valence-corrected chi connectivity index (χ0v) is 12.0. The third-order valence-corrected chi connectivity index (χ3v) is 3.95. The summed E-state index contributed by atoms with van der Waals surface area (Å²) in [6.07, 6.45) is 0. The second-order valence-corrected chi connectivity index (χ2v) is 5.95. The number of aromatic nitrogens is 1. The number of rotatable bonds is 3. The number of hydrogen-bond acceptors (Lipinski definition) is 4. The van der Waals surface area contributed by atoms with Crippen LogP contribution < -0.4 is 4.74 Å². The number of ether oxygens (including phenoxy) is 1. The Kier molecular flexibility index (Phi) is 4.22. The van der Waals surface area contributed by atoms with Gasteiger partial charge in [-0.3, -0.25) is 0 Å². The van der Waals surface area contributed by atoms with E-state index in [9.17, 15) is 18.3 Å². The van der Waals surface area contributed by atoms with Gasteiger partial charge in [-0.25, -0.2) is 9.37 Å². The van der Waals surface area contributed by atoms with Crippen LogP contribution in [0.4, 0.5) is 13.2 Å². The summed E-state index contributed by atoms with van der Waals surface area (Å²) in [6, 6.07) is 1.97. The van der Waals surface area contributed by atoms with Crippen molar-refractivity contribution < 1.29 is 23.0 Å². The molecule has 2 rings (SSSR count). The molecule has 0 aliphatic carbocycles. The molecule has 19 heavy (non-hydrogen) atoms. The molecular weight excluding hydrogens is 371 g/mol. The van der Waals surface area contributed by atoms with E-state index in [1.165, 1.54) is 0 Å². The molecule has 0 fully saturated rings. The number of benzene rings is 1. The number of aromatic hydroxyl groups is 1. The van der Waals surface area contributed by atoms with E-state index in [0.29, 0.717) is 3.79 Å². The number of thiazole rings is 1. The van der Waals surface area contributed by atoms with Gasteiger partial charge in [-0.05, 0) is 28.1 Å². The fraction of sp³-hybridized carbons (Fsp3) is 0.100. The van der Waals surface area contributed by atoms with Gasteiger partial charge in [0.15, 0.2) is 0 Å². The molecule has 0 unspecified atom stereocenters. The lowest BCUT2D eigenvalue weighted by Gasteiger charge is -2.03. The minimum atomic E-state index is -3.02. The predicted molar refractivity (Wildman–Crippen MR) is 68.5 cm³/mol. The maximum Gasteiger partial charge on any atom is 0.389 e.